The zero-order valence-electron chi connectivity index (χ0n) is 13.5. The minimum absolute atomic E-state index is 0.240. The Morgan fingerprint density at radius 2 is 2.12 bits per heavy atom. The van der Waals surface area contributed by atoms with E-state index in [1.807, 2.05) is 24.3 Å². The maximum atomic E-state index is 11.7. The van der Waals surface area contributed by atoms with E-state index in [-0.39, 0.29) is 5.76 Å². The highest BCUT2D eigenvalue weighted by Gasteiger charge is 2.17. The van der Waals surface area contributed by atoms with Gasteiger partial charge in [-0.25, -0.2) is 9.78 Å². The van der Waals surface area contributed by atoms with E-state index >= 15 is 0 Å². The van der Waals surface area contributed by atoms with Gasteiger partial charge in [-0.2, -0.15) is 0 Å². The van der Waals surface area contributed by atoms with E-state index < -0.39 is 5.97 Å². The molecule has 0 N–H and O–H groups in total. The normalized spacial score (nSPS) is 11.1. The van der Waals surface area contributed by atoms with Crippen molar-refractivity contribution in [3.63, 3.8) is 0 Å². The third-order valence-corrected chi connectivity index (χ3v) is 4.64. The summed E-state index contributed by atoms with van der Waals surface area (Å²) in [5.41, 5.74) is 2.80. The van der Waals surface area contributed by atoms with Crippen LogP contribution in [0, 0.1) is 0 Å². The van der Waals surface area contributed by atoms with Crippen LogP contribution in [0.3, 0.4) is 0 Å². The number of carbonyl (C=O) groups excluding carboxylic acids is 1. The van der Waals surface area contributed by atoms with E-state index in [4.69, 9.17) is 13.9 Å². The molecule has 0 aliphatic heterocycles. The van der Waals surface area contributed by atoms with Gasteiger partial charge in [-0.05, 0) is 18.2 Å². The Morgan fingerprint density at radius 3 is 2.92 bits per heavy atom. The van der Waals surface area contributed by atoms with Crippen molar-refractivity contribution in [3.8, 4) is 0 Å². The van der Waals surface area contributed by atoms with Gasteiger partial charge in [0.25, 0.3) is 0 Å². The number of thioether (sulfide) groups is 1. The molecule has 0 saturated carbocycles. The lowest BCUT2D eigenvalue weighted by atomic mass is 10.3. The van der Waals surface area contributed by atoms with Gasteiger partial charge in [0, 0.05) is 25.0 Å². The van der Waals surface area contributed by atoms with Crippen LogP contribution in [0.5, 0.6) is 0 Å². The first-order chi connectivity index (χ1) is 11.7. The quantitative estimate of drug-likeness (QED) is 0.483. The summed E-state index contributed by atoms with van der Waals surface area (Å²) in [4.78, 5) is 16.4. The SMILES string of the molecule is COCCn1c(SCc2ccoc2C(=O)OC)nc2ccccc21. The minimum Gasteiger partial charge on any atom is -0.463 e. The second-order valence-corrected chi connectivity index (χ2v) is 6.03. The number of para-hydroxylation sites is 2. The molecule has 0 bridgehead atoms. The molecule has 0 radical (unpaired) electrons. The Labute approximate surface area is 143 Å². The Morgan fingerprint density at radius 1 is 1.29 bits per heavy atom. The van der Waals surface area contributed by atoms with Gasteiger partial charge in [-0.15, -0.1) is 0 Å². The molecule has 0 saturated heterocycles. The third kappa shape index (κ3) is 3.32. The smallest absolute Gasteiger partial charge is 0.374 e. The monoisotopic (exact) mass is 346 g/mol. The summed E-state index contributed by atoms with van der Waals surface area (Å²) in [6, 6.07) is 9.77. The summed E-state index contributed by atoms with van der Waals surface area (Å²) in [5, 5.41) is 0.880. The van der Waals surface area contributed by atoms with Gasteiger partial charge in [-0.1, -0.05) is 23.9 Å². The number of carbonyl (C=O) groups is 1. The molecule has 0 unspecified atom stereocenters. The molecule has 2 aromatic heterocycles. The van der Waals surface area contributed by atoms with Gasteiger partial charge in [-0.3, -0.25) is 0 Å². The van der Waals surface area contributed by atoms with Crippen LogP contribution in [0.15, 0.2) is 46.2 Å². The zero-order valence-corrected chi connectivity index (χ0v) is 14.3. The minimum atomic E-state index is -0.469. The fraction of sp³-hybridized carbons (Fsp3) is 0.294. The van der Waals surface area contributed by atoms with Crippen molar-refractivity contribution in [1.82, 2.24) is 9.55 Å². The molecule has 0 aliphatic rings. The number of rotatable bonds is 7. The summed E-state index contributed by atoms with van der Waals surface area (Å²) in [5.74, 6) is 0.338. The summed E-state index contributed by atoms with van der Waals surface area (Å²) in [6.07, 6.45) is 1.50. The van der Waals surface area contributed by atoms with Crippen LogP contribution < -0.4 is 0 Å². The summed E-state index contributed by atoms with van der Waals surface area (Å²) in [6.45, 7) is 1.32. The number of benzene rings is 1. The molecule has 0 aliphatic carbocycles. The molecule has 2 heterocycles. The lowest BCUT2D eigenvalue weighted by Gasteiger charge is -2.08. The number of hydrogen-bond acceptors (Lipinski definition) is 6. The Kier molecular flexibility index (Phi) is 5.22. The van der Waals surface area contributed by atoms with Crippen LogP contribution in [0.1, 0.15) is 16.1 Å². The van der Waals surface area contributed by atoms with E-state index in [0.29, 0.717) is 18.9 Å². The summed E-state index contributed by atoms with van der Waals surface area (Å²) in [7, 11) is 3.02. The third-order valence-electron chi connectivity index (χ3n) is 3.61. The van der Waals surface area contributed by atoms with Crippen molar-refractivity contribution in [2.75, 3.05) is 20.8 Å². The van der Waals surface area contributed by atoms with Gasteiger partial charge in [0.15, 0.2) is 5.16 Å². The van der Waals surface area contributed by atoms with Gasteiger partial charge >= 0.3 is 5.97 Å². The number of methoxy groups -OCH3 is 2. The maximum Gasteiger partial charge on any atom is 0.374 e. The Balaban J connectivity index is 1.85. The molecule has 24 heavy (non-hydrogen) atoms. The van der Waals surface area contributed by atoms with E-state index in [1.54, 1.807) is 24.9 Å². The summed E-state index contributed by atoms with van der Waals surface area (Å²) < 4.78 is 17.3. The molecule has 3 rings (SSSR count). The van der Waals surface area contributed by atoms with Crippen LogP contribution in [0.4, 0.5) is 0 Å². The van der Waals surface area contributed by atoms with Crippen molar-refractivity contribution in [2.24, 2.45) is 0 Å². The second kappa shape index (κ2) is 7.55. The van der Waals surface area contributed by atoms with Gasteiger partial charge in [0.1, 0.15) is 0 Å². The molecule has 126 valence electrons. The molecular weight excluding hydrogens is 328 g/mol. The van der Waals surface area contributed by atoms with E-state index in [0.717, 1.165) is 21.8 Å². The Hall–Kier alpha value is -2.25. The molecule has 0 atom stereocenters. The second-order valence-electron chi connectivity index (χ2n) is 5.08. The number of furan rings is 1. The topological polar surface area (TPSA) is 66.5 Å². The first-order valence-corrected chi connectivity index (χ1v) is 8.45. The van der Waals surface area contributed by atoms with Crippen LogP contribution in [-0.2, 0) is 21.8 Å². The largest absolute Gasteiger partial charge is 0.463 e. The summed E-state index contributed by atoms with van der Waals surface area (Å²) >= 11 is 1.55. The van der Waals surface area contributed by atoms with Crippen molar-refractivity contribution < 1.29 is 18.7 Å². The number of imidazole rings is 1. The molecule has 0 spiro atoms. The van der Waals surface area contributed by atoms with Crippen LogP contribution in [-0.4, -0.2) is 36.3 Å². The van der Waals surface area contributed by atoms with Crippen LogP contribution >= 0.6 is 11.8 Å². The number of hydrogen-bond donors (Lipinski definition) is 0. The molecule has 1 aromatic carbocycles. The predicted molar refractivity (Wildman–Crippen MR) is 91.2 cm³/mol. The molecule has 3 aromatic rings. The van der Waals surface area contributed by atoms with E-state index in [1.165, 1.54) is 13.4 Å². The molecule has 6 nitrogen and oxygen atoms in total. The molecular formula is C17H18N2O4S. The highest BCUT2D eigenvalue weighted by Crippen LogP contribution is 2.28. The fourth-order valence-electron chi connectivity index (χ4n) is 2.43. The lowest BCUT2D eigenvalue weighted by molar-refractivity contribution is 0.0564. The highest BCUT2D eigenvalue weighted by atomic mass is 32.2. The van der Waals surface area contributed by atoms with Crippen molar-refractivity contribution in [1.29, 1.82) is 0 Å². The predicted octanol–water partition coefficient (Wildman–Crippen LogP) is 3.35. The Bertz CT molecular complexity index is 840. The van der Waals surface area contributed by atoms with Gasteiger partial charge < -0.3 is 18.5 Å². The maximum absolute atomic E-state index is 11.7. The van der Waals surface area contributed by atoms with Crippen LogP contribution in [0.2, 0.25) is 0 Å². The van der Waals surface area contributed by atoms with Gasteiger partial charge in [0.2, 0.25) is 5.76 Å². The average Bonchev–Trinajstić information content (AvgIpc) is 3.21. The average molecular weight is 346 g/mol. The zero-order chi connectivity index (χ0) is 16.9. The van der Waals surface area contributed by atoms with Crippen molar-refractivity contribution in [3.05, 3.63) is 47.9 Å². The van der Waals surface area contributed by atoms with Crippen LogP contribution in [0.25, 0.3) is 11.0 Å². The molecule has 0 fully saturated rings. The van der Waals surface area contributed by atoms with E-state index in [2.05, 4.69) is 9.55 Å². The van der Waals surface area contributed by atoms with Gasteiger partial charge in [0.05, 0.1) is 31.0 Å². The van der Waals surface area contributed by atoms with Crippen molar-refractivity contribution in [2.45, 2.75) is 17.5 Å². The lowest BCUT2D eigenvalue weighted by Crippen LogP contribution is -2.06. The number of nitrogens with zero attached hydrogens (tertiary/aromatic N) is 2. The highest BCUT2D eigenvalue weighted by molar-refractivity contribution is 7.98. The molecule has 7 heteroatoms. The molecule has 0 amide bonds. The fourth-order valence-corrected chi connectivity index (χ4v) is 3.45. The number of ether oxygens (including phenoxy) is 2. The first-order valence-electron chi connectivity index (χ1n) is 7.46. The number of fused-ring (bicyclic) bond motifs is 1. The number of esters is 1. The van der Waals surface area contributed by atoms with E-state index in [9.17, 15) is 4.79 Å². The standard InChI is InChI=1S/C17H18N2O4S/c1-21-10-8-19-14-6-4-3-5-13(14)18-17(19)24-11-12-7-9-23-15(12)16(20)22-2/h3-7,9H,8,10-11H2,1-2H3. The van der Waals surface area contributed by atoms with Crippen molar-refractivity contribution >= 4 is 28.8 Å². The first kappa shape index (κ1) is 16.6. The number of aromatic nitrogens is 2.